The monoisotopic (exact) mass is 449 g/mol. The number of rotatable bonds is 5. The van der Waals surface area contributed by atoms with Gasteiger partial charge >= 0.3 is 0 Å². The number of benzene rings is 3. The fourth-order valence-corrected chi connectivity index (χ4v) is 6.25. The van der Waals surface area contributed by atoms with E-state index in [0.717, 1.165) is 5.56 Å². The minimum Gasteiger partial charge on any atom is -0.279 e. The van der Waals surface area contributed by atoms with Gasteiger partial charge in [0, 0.05) is 5.02 Å². The average Bonchev–Trinajstić information content (AvgIpc) is 2.65. The summed E-state index contributed by atoms with van der Waals surface area (Å²) in [5, 5.41) is 0.413. The van der Waals surface area contributed by atoms with Gasteiger partial charge in [-0.1, -0.05) is 29.8 Å². The van der Waals surface area contributed by atoms with Gasteiger partial charge in [0.25, 0.3) is 10.0 Å². The summed E-state index contributed by atoms with van der Waals surface area (Å²) in [6.45, 7) is 4.94. The maximum absolute atomic E-state index is 13.2. The summed E-state index contributed by atoms with van der Waals surface area (Å²) in [4.78, 5) is -0.0796. The van der Waals surface area contributed by atoms with Crippen LogP contribution in [0.25, 0.3) is 0 Å². The van der Waals surface area contributed by atoms with Gasteiger partial charge in [-0.3, -0.25) is 4.72 Å². The normalized spacial score (nSPS) is 12.0. The van der Waals surface area contributed by atoms with E-state index in [1.54, 1.807) is 32.0 Å². The molecule has 8 heteroatoms. The van der Waals surface area contributed by atoms with Gasteiger partial charge in [-0.25, -0.2) is 16.8 Å². The highest BCUT2D eigenvalue weighted by Gasteiger charge is 2.27. The molecule has 152 valence electrons. The number of hydrogen-bond donors (Lipinski definition) is 1. The highest BCUT2D eigenvalue weighted by atomic mass is 35.5. The minimum atomic E-state index is -4.00. The summed E-state index contributed by atoms with van der Waals surface area (Å²) < 4.78 is 55.0. The van der Waals surface area contributed by atoms with Crippen LogP contribution >= 0.6 is 11.6 Å². The molecule has 0 radical (unpaired) electrons. The molecule has 0 spiro atoms. The molecule has 29 heavy (non-hydrogen) atoms. The van der Waals surface area contributed by atoms with Crippen LogP contribution in [0.15, 0.2) is 75.4 Å². The van der Waals surface area contributed by atoms with Crippen LogP contribution in [0, 0.1) is 20.8 Å². The second kappa shape index (κ2) is 7.82. The summed E-state index contributed by atoms with van der Waals surface area (Å²) in [5.74, 6) is 0. The molecule has 0 saturated carbocycles. The van der Waals surface area contributed by atoms with Crippen molar-refractivity contribution in [2.24, 2.45) is 0 Å². The summed E-state index contributed by atoms with van der Waals surface area (Å²) >= 11 is 5.86. The quantitative estimate of drug-likeness (QED) is 0.600. The van der Waals surface area contributed by atoms with Crippen LogP contribution in [0.1, 0.15) is 16.7 Å². The zero-order chi connectivity index (χ0) is 21.4. The number of sulfonamides is 1. The van der Waals surface area contributed by atoms with Crippen LogP contribution in [0.4, 0.5) is 5.69 Å². The zero-order valence-corrected chi connectivity index (χ0v) is 18.5. The lowest BCUT2D eigenvalue weighted by atomic mass is 10.2. The fourth-order valence-electron chi connectivity index (χ4n) is 2.98. The Hall–Kier alpha value is -2.35. The van der Waals surface area contributed by atoms with Crippen molar-refractivity contribution in [2.75, 3.05) is 4.72 Å². The van der Waals surface area contributed by atoms with Crippen LogP contribution in [0.2, 0.25) is 5.02 Å². The first-order valence-corrected chi connectivity index (χ1v) is 12.1. The number of sulfone groups is 1. The smallest absolute Gasteiger partial charge is 0.262 e. The summed E-state index contributed by atoms with van der Waals surface area (Å²) in [7, 11) is -7.92. The van der Waals surface area contributed by atoms with Gasteiger partial charge in [-0.2, -0.15) is 0 Å². The lowest BCUT2D eigenvalue weighted by Gasteiger charge is -2.16. The maximum Gasteiger partial charge on any atom is 0.262 e. The van der Waals surface area contributed by atoms with E-state index in [1.807, 2.05) is 6.07 Å². The highest BCUT2D eigenvalue weighted by Crippen LogP contribution is 2.31. The van der Waals surface area contributed by atoms with Crippen molar-refractivity contribution in [2.45, 2.75) is 35.5 Å². The third-order valence-corrected chi connectivity index (χ3v) is 8.19. The van der Waals surface area contributed by atoms with Crippen molar-refractivity contribution in [3.8, 4) is 0 Å². The van der Waals surface area contributed by atoms with Crippen molar-refractivity contribution < 1.29 is 16.8 Å². The molecule has 0 saturated heterocycles. The third kappa shape index (κ3) is 4.32. The number of nitrogens with one attached hydrogen (secondary N) is 1. The minimum absolute atomic E-state index is 0.0470. The van der Waals surface area contributed by atoms with Crippen LogP contribution in [-0.4, -0.2) is 16.8 Å². The summed E-state index contributed by atoms with van der Waals surface area (Å²) in [6.07, 6.45) is 0. The van der Waals surface area contributed by atoms with Gasteiger partial charge in [-0.05, 0) is 79.9 Å². The fraction of sp³-hybridized carbons (Fsp3) is 0.143. The highest BCUT2D eigenvalue weighted by molar-refractivity contribution is 7.93. The van der Waals surface area contributed by atoms with E-state index in [2.05, 4.69) is 4.72 Å². The molecule has 3 aromatic carbocycles. The number of hydrogen-bond acceptors (Lipinski definition) is 4. The molecular weight excluding hydrogens is 430 g/mol. The van der Waals surface area contributed by atoms with E-state index in [9.17, 15) is 16.8 Å². The number of halogens is 1. The number of para-hydroxylation sites is 1. The molecule has 0 heterocycles. The molecule has 3 aromatic rings. The number of aryl methyl sites for hydroxylation is 2. The van der Waals surface area contributed by atoms with Crippen LogP contribution in [-0.2, 0) is 19.9 Å². The molecule has 3 rings (SSSR count). The van der Waals surface area contributed by atoms with Crippen molar-refractivity contribution in [3.63, 3.8) is 0 Å². The van der Waals surface area contributed by atoms with E-state index >= 15 is 0 Å². The first-order chi connectivity index (χ1) is 13.5. The third-order valence-electron chi connectivity index (χ3n) is 4.55. The lowest BCUT2D eigenvalue weighted by Crippen LogP contribution is -2.17. The van der Waals surface area contributed by atoms with E-state index in [4.69, 9.17) is 11.6 Å². The molecule has 0 aliphatic rings. The Morgan fingerprint density at radius 2 is 1.38 bits per heavy atom. The van der Waals surface area contributed by atoms with Crippen molar-refractivity contribution in [1.29, 1.82) is 0 Å². The van der Waals surface area contributed by atoms with Gasteiger partial charge in [0.05, 0.1) is 20.4 Å². The number of anilines is 1. The van der Waals surface area contributed by atoms with Crippen molar-refractivity contribution in [1.82, 2.24) is 0 Å². The lowest BCUT2D eigenvalue weighted by molar-refractivity contribution is 0.594. The van der Waals surface area contributed by atoms with Crippen molar-refractivity contribution >= 4 is 37.1 Å². The molecule has 0 aromatic heterocycles. The standard InChI is InChI=1S/C21H20ClNO4S2/c1-14-12-20(28(24,25)18-10-8-17(22)9-11-18)16(3)21(13-14)29(26,27)23-19-7-5-4-6-15(19)2/h4-13,23H,1-3H3. The molecule has 0 aliphatic carbocycles. The van der Waals surface area contributed by atoms with Gasteiger partial charge < -0.3 is 0 Å². The van der Waals surface area contributed by atoms with Gasteiger partial charge in [0.15, 0.2) is 0 Å². The maximum atomic E-state index is 13.2. The Kier molecular flexibility index (Phi) is 5.76. The Morgan fingerprint density at radius 1 is 0.793 bits per heavy atom. The van der Waals surface area contributed by atoms with Gasteiger partial charge in [0.1, 0.15) is 0 Å². The molecule has 0 unspecified atom stereocenters. The first kappa shape index (κ1) is 21.4. The molecule has 0 fully saturated rings. The molecule has 5 nitrogen and oxygen atoms in total. The average molecular weight is 450 g/mol. The van der Waals surface area contributed by atoms with Crippen molar-refractivity contribution in [3.05, 3.63) is 82.4 Å². The summed E-state index contributed by atoms with van der Waals surface area (Å²) in [6, 6.07) is 15.7. The van der Waals surface area contributed by atoms with Crippen LogP contribution in [0.3, 0.4) is 0 Å². The van der Waals surface area contributed by atoms with Crippen LogP contribution in [0.5, 0.6) is 0 Å². The predicted octanol–water partition coefficient (Wildman–Crippen LogP) is 4.90. The topological polar surface area (TPSA) is 80.3 Å². The molecule has 0 aliphatic heterocycles. The van der Waals surface area contributed by atoms with Gasteiger partial charge in [-0.15, -0.1) is 0 Å². The Labute approximate surface area is 176 Å². The Balaban J connectivity index is 2.14. The van der Waals surface area contributed by atoms with E-state index in [-0.39, 0.29) is 20.2 Å². The molecular formula is C21H20ClNO4S2. The van der Waals surface area contributed by atoms with E-state index < -0.39 is 19.9 Å². The second-order valence-electron chi connectivity index (χ2n) is 6.76. The molecule has 0 amide bonds. The van der Waals surface area contributed by atoms with E-state index in [1.165, 1.54) is 43.3 Å². The summed E-state index contributed by atoms with van der Waals surface area (Å²) in [5.41, 5.74) is 1.88. The van der Waals surface area contributed by atoms with Crippen LogP contribution < -0.4 is 4.72 Å². The predicted molar refractivity (Wildman–Crippen MR) is 115 cm³/mol. The zero-order valence-electron chi connectivity index (χ0n) is 16.1. The Morgan fingerprint density at radius 3 is 2.00 bits per heavy atom. The molecule has 0 bridgehead atoms. The second-order valence-corrected chi connectivity index (χ2v) is 10.8. The molecule has 1 N–H and O–H groups in total. The van der Waals surface area contributed by atoms with Gasteiger partial charge in [0.2, 0.25) is 9.84 Å². The van der Waals surface area contributed by atoms with E-state index in [0.29, 0.717) is 16.3 Å². The Bertz CT molecular complexity index is 1280. The first-order valence-electron chi connectivity index (χ1n) is 8.73. The SMILES string of the molecule is Cc1cc(S(=O)(=O)Nc2ccccc2C)c(C)c(S(=O)(=O)c2ccc(Cl)cc2)c1. The largest absolute Gasteiger partial charge is 0.279 e. The molecule has 0 atom stereocenters.